The van der Waals surface area contributed by atoms with Crippen LogP contribution in [0.1, 0.15) is 12.6 Å². The molecule has 1 aromatic carbocycles. The number of nitrogens with one attached hydrogen (secondary N) is 2. The molecule has 2 aromatic rings. The van der Waals surface area contributed by atoms with Gasteiger partial charge in [-0.25, -0.2) is 0 Å². The van der Waals surface area contributed by atoms with Crippen molar-refractivity contribution >= 4 is 44.7 Å². The minimum atomic E-state index is 0.423. The van der Waals surface area contributed by atoms with E-state index in [9.17, 15) is 0 Å². The average Bonchev–Trinajstić information content (AvgIpc) is 2.48. The molecule has 0 aliphatic rings. The first-order valence-corrected chi connectivity index (χ1v) is 7.14. The smallest absolute Gasteiger partial charge is 0.191 e. The predicted molar refractivity (Wildman–Crippen MR) is 89.9 cm³/mol. The van der Waals surface area contributed by atoms with Gasteiger partial charge in [0.15, 0.2) is 5.11 Å². The highest BCUT2D eigenvalue weighted by Crippen LogP contribution is 2.20. The Balaban J connectivity index is 1.97. The molecule has 0 saturated carbocycles. The highest BCUT2D eigenvalue weighted by Gasteiger charge is 2.01. The van der Waals surface area contributed by atoms with E-state index in [1.165, 1.54) is 0 Å². The van der Waals surface area contributed by atoms with E-state index in [0.29, 0.717) is 5.11 Å². The Bertz CT molecular complexity index is 628. The van der Waals surface area contributed by atoms with Crippen molar-refractivity contribution in [1.29, 1.82) is 0 Å². The lowest BCUT2D eigenvalue weighted by Gasteiger charge is -2.09. The number of anilines is 1. The lowest BCUT2D eigenvalue weighted by molar-refractivity contribution is 1.03. The van der Waals surface area contributed by atoms with Crippen molar-refractivity contribution in [2.24, 2.45) is 5.10 Å². The predicted octanol–water partition coefficient (Wildman–Crippen LogP) is 3.55. The molecule has 0 atom stereocenters. The lowest BCUT2D eigenvalue weighted by Crippen LogP contribution is -2.25. The lowest BCUT2D eigenvalue weighted by atomic mass is 10.3. The molecule has 2 N–H and O–H groups in total. The quantitative estimate of drug-likeness (QED) is 0.505. The first-order chi connectivity index (χ1) is 9.66. The Morgan fingerprint density at radius 1 is 1.20 bits per heavy atom. The van der Waals surface area contributed by atoms with Gasteiger partial charge in [-0.05, 0) is 59.3 Å². The van der Waals surface area contributed by atoms with E-state index in [4.69, 9.17) is 12.2 Å². The summed E-state index contributed by atoms with van der Waals surface area (Å²) in [4.78, 5) is 4.21. The van der Waals surface area contributed by atoms with Crippen molar-refractivity contribution in [3.05, 3.63) is 58.8 Å². The molecule has 4 nitrogen and oxygen atoms in total. The third kappa shape index (κ3) is 4.11. The van der Waals surface area contributed by atoms with Crippen molar-refractivity contribution in [3.63, 3.8) is 0 Å². The van der Waals surface area contributed by atoms with E-state index in [2.05, 4.69) is 36.8 Å². The van der Waals surface area contributed by atoms with Crippen LogP contribution in [-0.2, 0) is 0 Å². The molecule has 0 saturated heterocycles. The van der Waals surface area contributed by atoms with E-state index >= 15 is 0 Å². The van der Waals surface area contributed by atoms with Gasteiger partial charge in [0.1, 0.15) is 0 Å². The third-order valence-electron chi connectivity index (χ3n) is 2.48. The number of aromatic nitrogens is 1. The van der Waals surface area contributed by atoms with Gasteiger partial charge in [0.25, 0.3) is 0 Å². The molecule has 0 bridgehead atoms. The van der Waals surface area contributed by atoms with Gasteiger partial charge in [-0.1, -0.05) is 18.2 Å². The number of halogens is 1. The fourth-order valence-corrected chi connectivity index (χ4v) is 2.02. The van der Waals surface area contributed by atoms with E-state index in [-0.39, 0.29) is 0 Å². The van der Waals surface area contributed by atoms with Crippen LogP contribution < -0.4 is 10.7 Å². The number of pyridine rings is 1. The summed E-state index contributed by atoms with van der Waals surface area (Å²) in [6, 6.07) is 13.4. The van der Waals surface area contributed by atoms with Crippen LogP contribution in [0.5, 0.6) is 0 Å². The van der Waals surface area contributed by atoms with Gasteiger partial charge in [-0.2, -0.15) is 5.10 Å². The molecule has 1 aromatic heterocycles. The van der Waals surface area contributed by atoms with Crippen LogP contribution in [-0.4, -0.2) is 15.8 Å². The number of hydrazone groups is 1. The van der Waals surface area contributed by atoms with Crippen molar-refractivity contribution < 1.29 is 0 Å². The number of hydrogen-bond acceptors (Lipinski definition) is 3. The van der Waals surface area contributed by atoms with E-state index in [1.54, 1.807) is 6.20 Å². The topological polar surface area (TPSA) is 49.3 Å². The van der Waals surface area contributed by atoms with Crippen LogP contribution >= 0.6 is 28.1 Å². The Kier molecular flexibility index (Phi) is 5.20. The zero-order valence-corrected chi connectivity index (χ0v) is 13.2. The minimum Gasteiger partial charge on any atom is -0.330 e. The zero-order chi connectivity index (χ0) is 14.4. The molecule has 0 aliphatic carbocycles. The summed E-state index contributed by atoms with van der Waals surface area (Å²) in [6.45, 7) is 1.87. The number of thiocarbonyl (C=S) groups is 1. The molecular weight excluding hydrogens is 336 g/mol. The largest absolute Gasteiger partial charge is 0.330 e. The Morgan fingerprint density at radius 2 is 1.95 bits per heavy atom. The maximum atomic E-state index is 5.19. The summed E-state index contributed by atoms with van der Waals surface area (Å²) in [5, 5.41) is 7.69. The normalized spacial score (nSPS) is 11.0. The number of nitrogens with zero attached hydrogens (tertiary/aromatic N) is 2. The third-order valence-corrected chi connectivity index (χ3v) is 3.37. The molecule has 0 fully saturated rings. The standard InChI is InChI=1S/C14H13BrN4S/c1-10(12-7-4-5-9-16-12)18-19-14(20)17-13-8-3-2-6-11(13)15/h2-9H,1H3,(H2,17,19,20)/b18-10+. The summed E-state index contributed by atoms with van der Waals surface area (Å²) < 4.78 is 0.939. The maximum Gasteiger partial charge on any atom is 0.191 e. The van der Waals surface area contributed by atoms with E-state index < -0.39 is 0 Å². The van der Waals surface area contributed by atoms with Crippen molar-refractivity contribution in [1.82, 2.24) is 10.4 Å². The second-order valence-corrected chi connectivity index (χ2v) is 5.22. The second-order valence-electron chi connectivity index (χ2n) is 3.96. The number of benzene rings is 1. The summed E-state index contributed by atoms with van der Waals surface area (Å²) >= 11 is 8.64. The summed E-state index contributed by atoms with van der Waals surface area (Å²) in [6.07, 6.45) is 1.73. The summed E-state index contributed by atoms with van der Waals surface area (Å²) in [7, 11) is 0. The van der Waals surface area contributed by atoms with Gasteiger partial charge in [0.05, 0.1) is 17.1 Å². The highest BCUT2D eigenvalue weighted by molar-refractivity contribution is 9.10. The Labute approximate surface area is 131 Å². The molecule has 6 heteroatoms. The van der Waals surface area contributed by atoms with Gasteiger partial charge < -0.3 is 5.32 Å². The SMILES string of the molecule is C/C(=N\NC(=S)Nc1ccccc1Br)c1ccccn1. The number of rotatable bonds is 3. The number of hydrogen-bond donors (Lipinski definition) is 2. The maximum absolute atomic E-state index is 5.19. The Morgan fingerprint density at radius 3 is 2.65 bits per heavy atom. The van der Waals surface area contributed by atoms with E-state index in [1.807, 2.05) is 49.4 Å². The highest BCUT2D eigenvalue weighted by atomic mass is 79.9. The average molecular weight is 349 g/mol. The van der Waals surface area contributed by atoms with E-state index in [0.717, 1.165) is 21.6 Å². The second kappa shape index (κ2) is 7.12. The monoisotopic (exact) mass is 348 g/mol. The molecule has 2 rings (SSSR count). The van der Waals surface area contributed by atoms with Crippen LogP contribution in [0.15, 0.2) is 58.2 Å². The molecular formula is C14H13BrN4S. The van der Waals surface area contributed by atoms with Crippen LogP contribution in [0.3, 0.4) is 0 Å². The van der Waals surface area contributed by atoms with Gasteiger partial charge in [0, 0.05) is 10.7 Å². The van der Waals surface area contributed by atoms with Gasteiger partial charge in [0.2, 0.25) is 0 Å². The van der Waals surface area contributed by atoms with Gasteiger partial charge in [-0.15, -0.1) is 0 Å². The zero-order valence-electron chi connectivity index (χ0n) is 10.8. The fourth-order valence-electron chi connectivity index (χ4n) is 1.48. The van der Waals surface area contributed by atoms with Crippen LogP contribution in [0.25, 0.3) is 0 Å². The molecule has 0 unspecified atom stereocenters. The molecule has 0 radical (unpaired) electrons. The van der Waals surface area contributed by atoms with Gasteiger partial charge in [-0.3, -0.25) is 10.4 Å². The first-order valence-electron chi connectivity index (χ1n) is 5.94. The van der Waals surface area contributed by atoms with Crippen LogP contribution in [0, 0.1) is 0 Å². The first kappa shape index (κ1) is 14.6. The molecule has 0 spiro atoms. The summed E-state index contributed by atoms with van der Waals surface area (Å²) in [5.41, 5.74) is 5.26. The minimum absolute atomic E-state index is 0.423. The Hall–Kier alpha value is -1.79. The molecule has 0 amide bonds. The van der Waals surface area contributed by atoms with Gasteiger partial charge >= 0.3 is 0 Å². The molecule has 102 valence electrons. The van der Waals surface area contributed by atoms with Crippen molar-refractivity contribution in [3.8, 4) is 0 Å². The van der Waals surface area contributed by atoms with Crippen LogP contribution in [0.4, 0.5) is 5.69 Å². The van der Waals surface area contributed by atoms with Crippen LogP contribution in [0.2, 0.25) is 0 Å². The fraction of sp³-hybridized carbons (Fsp3) is 0.0714. The van der Waals surface area contributed by atoms with Crippen molar-refractivity contribution in [2.75, 3.05) is 5.32 Å². The number of para-hydroxylation sites is 1. The summed E-state index contributed by atoms with van der Waals surface area (Å²) in [5.74, 6) is 0. The molecule has 1 heterocycles. The molecule has 20 heavy (non-hydrogen) atoms. The van der Waals surface area contributed by atoms with Crippen molar-refractivity contribution in [2.45, 2.75) is 6.92 Å². The molecule has 0 aliphatic heterocycles.